The topological polar surface area (TPSA) is 59.1 Å². The molecule has 274 valence electrons. The highest BCUT2D eigenvalue weighted by molar-refractivity contribution is 6.10. The lowest BCUT2D eigenvalue weighted by Gasteiger charge is -2.25. The zero-order valence-electron chi connectivity index (χ0n) is 30.8. The van der Waals surface area contributed by atoms with Crippen LogP contribution in [0.1, 0.15) is 11.1 Å². The van der Waals surface area contributed by atoms with Crippen LogP contribution in [-0.2, 0) is 22.7 Å². The molecule has 0 aliphatic carbocycles. The number of carbonyl (C=O) groups excluding carboxylic acids is 2. The van der Waals surface area contributed by atoms with Crippen molar-refractivity contribution in [3.05, 3.63) is 205 Å². The molecular weight excluding hydrogens is 693 g/mol. The van der Waals surface area contributed by atoms with Crippen LogP contribution in [0, 0.1) is 0 Å². The van der Waals surface area contributed by atoms with Gasteiger partial charge in [0.2, 0.25) is 0 Å². The van der Waals surface area contributed by atoms with Crippen LogP contribution in [0.3, 0.4) is 0 Å². The smallest absolute Gasteiger partial charge is 0.265 e. The van der Waals surface area contributed by atoms with Crippen LogP contribution in [0.25, 0.3) is 32.7 Å². The quantitative estimate of drug-likeness (QED) is 0.118. The molecule has 8 aromatic rings. The van der Waals surface area contributed by atoms with Crippen molar-refractivity contribution in [1.29, 1.82) is 0 Å². The minimum atomic E-state index is -0.196. The van der Waals surface area contributed by atoms with E-state index >= 15 is 0 Å². The highest BCUT2D eigenvalue weighted by atomic mass is 16.5. The van der Waals surface area contributed by atoms with Gasteiger partial charge in [-0.05, 0) is 69.1 Å². The summed E-state index contributed by atoms with van der Waals surface area (Å²) >= 11 is 0. The number of fused-ring (bicyclic) bond motifs is 2. The van der Waals surface area contributed by atoms with Crippen molar-refractivity contribution in [1.82, 2.24) is 0 Å². The van der Waals surface area contributed by atoms with E-state index in [1.54, 1.807) is 9.80 Å². The molecule has 0 saturated carbocycles. The Labute approximate surface area is 326 Å². The van der Waals surface area contributed by atoms with Gasteiger partial charge in [0.25, 0.3) is 11.8 Å². The predicted octanol–water partition coefficient (Wildman–Crippen LogP) is 10.9. The van der Waals surface area contributed by atoms with Gasteiger partial charge in [-0.2, -0.15) is 0 Å². The molecule has 0 spiro atoms. The van der Waals surface area contributed by atoms with Gasteiger partial charge in [0.1, 0.15) is 11.5 Å². The van der Waals surface area contributed by atoms with E-state index < -0.39 is 0 Å². The SMILES string of the molecule is O=C(COc1ccc2ccccc2c1-c1c(OCC(=O)N(Cc2ccccc2)c2ccccc2)ccc2ccccc12)N(Cc1ccccc1)c1ccccc1. The zero-order valence-corrected chi connectivity index (χ0v) is 30.8. The number of hydrogen-bond acceptors (Lipinski definition) is 4. The molecule has 0 bridgehead atoms. The fraction of sp³-hybridized carbons (Fsp3) is 0.0800. The molecule has 2 amide bonds. The molecular formula is C50H40N2O4. The van der Waals surface area contributed by atoms with Crippen LogP contribution in [0.4, 0.5) is 11.4 Å². The molecule has 8 aromatic carbocycles. The van der Waals surface area contributed by atoms with Gasteiger partial charge < -0.3 is 19.3 Å². The van der Waals surface area contributed by atoms with Crippen molar-refractivity contribution in [3.8, 4) is 22.6 Å². The van der Waals surface area contributed by atoms with Crippen LogP contribution in [-0.4, -0.2) is 25.0 Å². The van der Waals surface area contributed by atoms with Crippen molar-refractivity contribution in [2.24, 2.45) is 0 Å². The summed E-state index contributed by atoms with van der Waals surface area (Å²) in [5, 5.41) is 3.88. The molecule has 0 aliphatic heterocycles. The minimum Gasteiger partial charge on any atom is -0.483 e. The fourth-order valence-electron chi connectivity index (χ4n) is 7.09. The van der Waals surface area contributed by atoms with E-state index in [9.17, 15) is 9.59 Å². The van der Waals surface area contributed by atoms with E-state index in [1.165, 1.54) is 0 Å². The van der Waals surface area contributed by atoms with Gasteiger partial charge in [0.15, 0.2) is 13.2 Å². The first-order valence-electron chi connectivity index (χ1n) is 18.7. The Balaban J connectivity index is 1.16. The van der Waals surface area contributed by atoms with Crippen LogP contribution in [0.5, 0.6) is 11.5 Å². The summed E-state index contributed by atoms with van der Waals surface area (Å²) in [6.45, 7) is 0.407. The third-order valence-corrected chi connectivity index (χ3v) is 9.84. The molecule has 8 rings (SSSR count). The Morgan fingerprint density at radius 1 is 0.375 bits per heavy atom. The summed E-state index contributed by atoms with van der Waals surface area (Å²) in [5.41, 5.74) is 5.17. The first-order valence-corrected chi connectivity index (χ1v) is 18.7. The summed E-state index contributed by atoms with van der Waals surface area (Å²) in [7, 11) is 0. The average molecular weight is 733 g/mol. The maximum atomic E-state index is 14.1. The number of rotatable bonds is 13. The molecule has 56 heavy (non-hydrogen) atoms. The third-order valence-electron chi connectivity index (χ3n) is 9.84. The van der Waals surface area contributed by atoms with Gasteiger partial charge >= 0.3 is 0 Å². The van der Waals surface area contributed by atoms with Crippen molar-refractivity contribution < 1.29 is 19.1 Å². The molecule has 0 saturated heterocycles. The molecule has 0 heterocycles. The molecule has 0 radical (unpaired) electrons. The van der Waals surface area contributed by atoms with Crippen molar-refractivity contribution >= 4 is 44.7 Å². The largest absolute Gasteiger partial charge is 0.483 e. The maximum Gasteiger partial charge on any atom is 0.265 e. The van der Waals surface area contributed by atoms with Crippen LogP contribution in [0.15, 0.2) is 194 Å². The summed E-state index contributed by atoms with van der Waals surface area (Å²) < 4.78 is 13.1. The van der Waals surface area contributed by atoms with Gasteiger partial charge in [-0.1, -0.05) is 158 Å². The highest BCUT2D eigenvalue weighted by Gasteiger charge is 2.24. The number of para-hydroxylation sites is 2. The number of hydrogen-bond donors (Lipinski definition) is 0. The first-order chi connectivity index (χ1) is 27.6. The Bertz CT molecular complexity index is 2400. The standard InChI is InChI=1S/C50H40N2O4/c53-47(51(41-23-9-3-10-24-41)33-37-17-5-1-6-18-37)35-55-45-31-29-39-21-13-15-27-43(39)49(45)50-44-28-16-14-22-40(44)30-32-46(50)56-36-48(54)52(42-25-11-4-12-26-42)34-38-19-7-2-8-20-38/h1-32H,33-36H2. The monoisotopic (exact) mass is 732 g/mol. The predicted molar refractivity (Wildman–Crippen MR) is 226 cm³/mol. The lowest BCUT2D eigenvalue weighted by atomic mass is 9.92. The van der Waals surface area contributed by atoms with E-state index in [0.29, 0.717) is 24.6 Å². The average Bonchev–Trinajstić information content (AvgIpc) is 3.26. The molecule has 0 atom stereocenters. The van der Waals surface area contributed by atoms with Gasteiger partial charge in [0, 0.05) is 22.5 Å². The summed E-state index contributed by atoms with van der Waals surface area (Å²) in [6.07, 6.45) is 0. The highest BCUT2D eigenvalue weighted by Crippen LogP contribution is 2.45. The fourth-order valence-corrected chi connectivity index (χ4v) is 7.09. The number of anilines is 2. The van der Waals surface area contributed by atoms with E-state index in [4.69, 9.17) is 9.47 Å². The lowest BCUT2D eigenvalue weighted by molar-refractivity contribution is -0.121. The van der Waals surface area contributed by atoms with Crippen LogP contribution in [0.2, 0.25) is 0 Å². The molecule has 0 fully saturated rings. The van der Waals surface area contributed by atoms with E-state index in [0.717, 1.165) is 55.2 Å². The summed E-state index contributed by atoms with van der Waals surface area (Å²) in [4.78, 5) is 31.8. The zero-order chi connectivity index (χ0) is 38.1. The number of ether oxygens (including phenoxy) is 2. The Hall–Kier alpha value is -7.18. The van der Waals surface area contributed by atoms with Gasteiger partial charge in [-0.15, -0.1) is 0 Å². The van der Waals surface area contributed by atoms with E-state index in [1.807, 2.05) is 170 Å². The molecule has 0 aliphatic rings. The minimum absolute atomic E-state index is 0.182. The van der Waals surface area contributed by atoms with Crippen molar-refractivity contribution in [2.75, 3.05) is 23.0 Å². The molecule has 0 unspecified atom stereocenters. The van der Waals surface area contributed by atoms with Crippen LogP contribution < -0.4 is 19.3 Å². The maximum absolute atomic E-state index is 14.1. The van der Waals surface area contributed by atoms with Gasteiger partial charge in [-0.25, -0.2) is 0 Å². The van der Waals surface area contributed by atoms with Gasteiger partial charge in [-0.3, -0.25) is 9.59 Å². The number of nitrogens with zero attached hydrogens (tertiary/aromatic N) is 2. The molecule has 6 nitrogen and oxygen atoms in total. The van der Waals surface area contributed by atoms with Crippen molar-refractivity contribution in [2.45, 2.75) is 13.1 Å². The van der Waals surface area contributed by atoms with Crippen molar-refractivity contribution in [3.63, 3.8) is 0 Å². The number of amides is 2. The Morgan fingerprint density at radius 2 is 0.714 bits per heavy atom. The second kappa shape index (κ2) is 16.9. The van der Waals surface area contributed by atoms with E-state index in [-0.39, 0.29) is 25.0 Å². The molecule has 0 N–H and O–H groups in total. The second-order valence-electron chi connectivity index (χ2n) is 13.5. The lowest BCUT2D eigenvalue weighted by Crippen LogP contribution is -2.34. The van der Waals surface area contributed by atoms with E-state index in [2.05, 4.69) is 24.3 Å². The Morgan fingerprint density at radius 3 is 1.11 bits per heavy atom. The molecule has 0 aromatic heterocycles. The summed E-state index contributed by atoms with van der Waals surface area (Å²) in [5.74, 6) is 0.705. The van der Waals surface area contributed by atoms with Crippen LogP contribution >= 0.6 is 0 Å². The first kappa shape index (κ1) is 35.8. The normalized spacial score (nSPS) is 10.9. The third kappa shape index (κ3) is 8.00. The summed E-state index contributed by atoms with van der Waals surface area (Å²) in [6, 6.07) is 63.3. The number of carbonyl (C=O) groups is 2. The number of benzene rings is 8. The Kier molecular flexibility index (Phi) is 10.8. The van der Waals surface area contributed by atoms with Gasteiger partial charge in [0.05, 0.1) is 13.1 Å². The molecule has 6 heteroatoms. The second-order valence-corrected chi connectivity index (χ2v) is 13.5.